The van der Waals surface area contributed by atoms with Crippen molar-refractivity contribution in [2.75, 3.05) is 0 Å². The van der Waals surface area contributed by atoms with Crippen LogP contribution in [0.5, 0.6) is 0 Å². The summed E-state index contributed by atoms with van der Waals surface area (Å²) in [6.45, 7) is 0. The minimum atomic E-state index is -2.33. The van der Waals surface area contributed by atoms with Crippen LogP contribution in [0.2, 0.25) is 0 Å². The Bertz CT molecular complexity index is 31.8. The van der Waals surface area contributed by atoms with E-state index in [9.17, 15) is 0 Å². The normalized spacial score (nSPS) is 4.00. The molecule has 0 radical (unpaired) electrons. The molecule has 0 aromatic heterocycles. The number of rotatable bonds is 0. The minimum Gasteiger partial charge on any atom is -0.652 e. The van der Waals surface area contributed by atoms with Crippen molar-refractivity contribution < 1.29 is 52.7 Å². The number of hydrogen-bond donors (Lipinski definition) is 0. The van der Waals surface area contributed by atoms with Crippen molar-refractivity contribution >= 4 is 6.16 Å². The molecule has 0 aliphatic heterocycles. The zero-order chi connectivity index (χ0) is 3.58. The van der Waals surface area contributed by atoms with Crippen LogP contribution >= 0.6 is 0 Å². The average Bonchev–Trinajstić information content (AvgIpc) is 0.811. The van der Waals surface area contributed by atoms with Crippen molar-refractivity contribution in [1.29, 1.82) is 0 Å². The molecule has 5 heteroatoms. The molecule has 0 N–H and O–H groups in total. The van der Waals surface area contributed by atoms with Gasteiger partial charge in [-0.05, 0) is 6.16 Å². The molecule has 3 nitrogen and oxygen atoms in total. The first-order chi connectivity index (χ1) is 1.73. The molecule has 0 amide bonds. The third-order valence-corrected chi connectivity index (χ3v) is 0. The Morgan fingerprint density at radius 3 is 1.17 bits per heavy atom. The molecule has 0 aliphatic carbocycles. The summed E-state index contributed by atoms with van der Waals surface area (Å²) in [5, 5.41) is 16.7. The van der Waals surface area contributed by atoms with Gasteiger partial charge in [0.15, 0.2) is 0 Å². The second-order valence-corrected chi connectivity index (χ2v) is 0.250. The maximum Gasteiger partial charge on any atom is 1.00 e. The van der Waals surface area contributed by atoms with Crippen LogP contribution in [0.25, 0.3) is 0 Å². The molecular weight excluding hydrogens is 72.0 g/mol. The summed E-state index contributed by atoms with van der Waals surface area (Å²) in [4.78, 5) is 8.33. The number of carbonyl (C=O) groups excluding carboxylic acids is 1. The Morgan fingerprint density at radius 1 is 1.17 bits per heavy atom. The van der Waals surface area contributed by atoms with Crippen LogP contribution < -0.4 is 47.9 Å². The maximum atomic E-state index is 8.33. The predicted octanol–water partition coefficient (Wildman–Crippen LogP) is -8.44. The second-order valence-electron chi connectivity index (χ2n) is 0.250. The summed E-state index contributed by atoms with van der Waals surface area (Å²) in [5.41, 5.74) is 0. The van der Waals surface area contributed by atoms with E-state index in [1.165, 1.54) is 0 Å². The predicted molar refractivity (Wildman–Crippen MR) is 5.40 cm³/mol. The van der Waals surface area contributed by atoms with Gasteiger partial charge < -0.3 is 15.0 Å². The van der Waals surface area contributed by atoms with Crippen molar-refractivity contribution in [2.24, 2.45) is 0 Å². The molecule has 0 unspecified atom stereocenters. The van der Waals surface area contributed by atoms with Gasteiger partial charge in [0.05, 0.1) is 0 Å². The molecule has 0 rings (SSSR count). The molecule has 0 saturated carbocycles. The molecule has 0 fully saturated rings. The van der Waals surface area contributed by atoms with Gasteiger partial charge in [-0.3, -0.25) is 0 Å². The molecule has 0 aromatic rings. The van der Waals surface area contributed by atoms with Crippen LogP contribution in [-0.4, -0.2) is 6.16 Å². The SMILES string of the molecule is O=C([O-])[O-].[6Li+].[6Li+]. The van der Waals surface area contributed by atoms with Crippen LogP contribution in [-0.2, 0) is 0 Å². The van der Waals surface area contributed by atoms with Gasteiger partial charge in [0.2, 0.25) is 0 Å². The van der Waals surface area contributed by atoms with Crippen molar-refractivity contribution in [1.82, 2.24) is 0 Å². The number of hydrogen-bond acceptors (Lipinski definition) is 3. The van der Waals surface area contributed by atoms with Crippen LogP contribution in [0, 0.1) is 0 Å². The Labute approximate surface area is 59.1 Å². The van der Waals surface area contributed by atoms with Gasteiger partial charge in [-0.15, -0.1) is 0 Å². The molecular formula is CLi2O3. The fourth-order valence-electron chi connectivity index (χ4n) is 0. The Balaban J connectivity index is -0.0000000450. The van der Waals surface area contributed by atoms with E-state index in [1.807, 2.05) is 0 Å². The zero-order valence-corrected chi connectivity index (χ0v) is 3.72. The van der Waals surface area contributed by atoms with Gasteiger partial charge in [-0.1, -0.05) is 0 Å². The van der Waals surface area contributed by atoms with E-state index in [1.54, 1.807) is 0 Å². The molecule has 0 atom stereocenters. The van der Waals surface area contributed by atoms with Gasteiger partial charge in [-0.25, -0.2) is 0 Å². The van der Waals surface area contributed by atoms with E-state index in [0.717, 1.165) is 0 Å². The van der Waals surface area contributed by atoms with Crippen LogP contribution in [0.1, 0.15) is 0 Å². The molecule has 0 spiro atoms. The smallest absolute Gasteiger partial charge is 0.652 e. The van der Waals surface area contributed by atoms with Gasteiger partial charge in [0, 0.05) is 0 Å². The number of carbonyl (C=O) groups is 1. The topological polar surface area (TPSA) is 63.2 Å². The van der Waals surface area contributed by atoms with Crippen molar-refractivity contribution in [3.05, 3.63) is 0 Å². The summed E-state index contributed by atoms with van der Waals surface area (Å²) in [7, 11) is 0. The first kappa shape index (κ1) is 16.1. The van der Waals surface area contributed by atoms with Gasteiger partial charge in [-0.2, -0.15) is 0 Å². The van der Waals surface area contributed by atoms with Gasteiger partial charge >= 0.3 is 37.7 Å². The fraction of sp³-hybridized carbons (Fsp3) is 0. The molecule has 0 saturated heterocycles. The molecule has 6 heavy (non-hydrogen) atoms. The van der Waals surface area contributed by atoms with Crippen LogP contribution in [0.4, 0.5) is 4.79 Å². The Morgan fingerprint density at radius 2 is 1.17 bits per heavy atom. The largest absolute Gasteiger partial charge is 1.00 e. The average molecular weight is 72.0 g/mol. The molecule has 0 aliphatic rings. The van der Waals surface area contributed by atoms with Gasteiger partial charge in [0.1, 0.15) is 0 Å². The second kappa shape index (κ2) is 9.07. The first-order valence-electron chi connectivity index (χ1n) is 0.612. The summed E-state index contributed by atoms with van der Waals surface area (Å²) in [6.07, 6.45) is -2.33. The fourth-order valence-corrected chi connectivity index (χ4v) is 0. The Kier molecular flexibility index (Phi) is 24.3. The third-order valence-electron chi connectivity index (χ3n) is 0. The third kappa shape index (κ3) is 248. The van der Waals surface area contributed by atoms with E-state index in [-0.39, 0.29) is 37.7 Å². The summed E-state index contributed by atoms with van der Waals surface area (Å²) >= 11 is 0. The molecule has 0 aromatic carbocycles. The van der Waals surface area contributed by atoms with E-state index in [0.29, 0.717) is 0 Å². The van der Waals surface area contributed by atoms with Crippen molar-refractivity contribution in [3.63, 3.8) is 0 Å². The summed E-state index contributed by atoms with van der Waals surface area (Å²) < 4.78 is 0. The van der Waals surface area contributed by atoms with Crippen LogP contribution in [0.15, 0.2) is 0 Å². The zero-order valence-electron chi connectivity index (χ0n) is 3.72. The number of carboxylic acid groups (broad SMARTS) is 2. The maximum absolute atomic E-state index is 8.33. The standard InChI is InChI=1S/CH2O3.2Li/c2-1(3)4;;/h(H2,2,3,4);;/q;2*+1/p-2/i;2*1-1. The molecule has 24 valence electrons. The van der Waals surface area contributed by atoms with E-state index >= 15 is 0 Å². The first-order valence-corrected chi connectivity index (χ1v) is 0.612. The van der Waals surface area contributed by atoms with Gasteiger partial charge in [0.25, 0.3) is 0 Å². The quantitative estimate of drug-likeness (QED) is 0.267. The van der Waals surface area contributed by atoms with Crippen molar-refractivity contribution in [2.45, 2.75) is 0 Å². The molecule has 0 heterocycles. The Hall–Kier alpha value is 0.465. The molecule has 0 bridgehead atoms. The van der Waals surface area contributed by atoms with E-state index in [2.05, 4.69) is 0 Å². The van der Waals surface area contributed by atoms with Crippen molar-refractivity contribution in [3.8, 4) is 0 Å². The van der Waals surface area contributed by atoms with E-state index < -0.39 is 6.16 Å². The van der Waals surface area contributed by atoms with Crippen LogP contribution in [0.3, 0.4) is 0 Å². The minimum absolute atomic E-state index is 0. The summed E-state index contributed by atoms with van der Waals surface area (Å²) in [5.74, 6) is 0. The summed E-state index contributed by atoms with van der Waals surface area (Å²) in [6, 6.07) is 0. The van der Waals surface area contributed by atoms with E-state index in [4.69, 9.17) is 15.0 Å². The monoisotopic (exact) mass is 72.0 g/mol.